The van der Waals surface area contributed by atoms with Crippen LogP contribution in [-0.2, 0) is 9.59 Å². The molecule has 1 aliphatic heterocycles. The standard InChI is InChI=1S/C9H12F4N2O2/c1-2-15-6(16)3-5(7(15)17)14-4-9(12,13)8(10)11/h5,8,14H,2-4H2,1H3. The molecule has 0 radical (unpaired) electrons. The lowest BCUT2D eigenvalue weighted by molar-refractivity contribution is -0.139. The van der Waals surface area contributed by atoms with Gasteiger partial charge in [0.1, 0.15) is 0 Å². The zero-order chi connectivity index (χ0) is 13.2. The Morgan fingerprint density at radius 3 is 2.47 bits per heavy atom. The van der Waals surface area contributed by atoms with Gasteiger partial charge in [-0.15, -0.1) is 0 Å². The third-order valence-electron chi connectivity index (χ3n) is 2.46. The van der Waals surface area contributed by atoms with E-state index < -0.39 is 36.7 Å². The van der Waals surface area contributed by atoms with Gasteiger partial charge in [0.25, 0.3) is 0 Å². The van der Waals surface area contributed by atoms with Crippen LogP contribution in [0.25, 0.3) is 0 Å². The number of likely N-dealkylation sites (N-methyl/N-ethyl adjacent to an activating group) is 1. The molecule has 4 nitrogen and oxygen atoms in total. The number of nitrogens with zero attached hydrogens (tertiary/aromatic N) is 1. The summed E-state index contributed by atoms with van der Waals surface area (Å²) in [5.41, 5.74) is 0. The lowest BCUT2D eigenvalue weighted by atomic mass is 10.2. The van der Waals surface area contributed by atoms with Crippen molar-refractivity contribution in [3.05, 3.63) is 0 Å². The van der Waals surface area contributed by atoms with Gasteiger partial charge in [-0.25, -0.2) is 8.78 Å². The molecule has 1 aliphatic rings. The first-order valence-corrected chi connectivity index (χ1v) is 5.03. The highest BCUT2D eigenvalue weighted by atomic mass is 19.3. The third-order valence-corrected chi connectivity index (χ3v) is 2.46. The highest BCUT2D eigenvalue weighted by Gasteiger charge is 2.44. The van der Waals surface area contributed by atoms with E-state index in [1.807, 2.05) is 5.32 Å². The maximum absolute atomic E-state index is 12.6. The molecule has 1 fully saturated rings. The molecule has 0 aliphatic carbocycles. The second-order valence-corrected chi connectivity index (χ2v) is 3.68. The Kier molecular flexibility index (Phi) is 4.07. The van der Waals surface area contributed by atoms with Crippen molar-refractivity contribution in [3.63, 3.8) is 0 Å². The Morgan fingerprint density at radius 2 is 2.06 bits per heavy atom. The van der Waals surface area contributed by atoms with E-state index in [0.717, 1.165) is 4.90 Å². The molecule has 0 aromatic heterocycles. The summed E-state index contributed by atoms with van der Waals surface area (Å²) in [5, 5.41) is 2.01. The van der Waals surface area contributed by atoms with Crippen molar-refractivity contribution in [1.29, 1.82) is 0 Å². The Bertz CT molecular complexity index is 322. The molecule has 1 atom stereocenters. The molecule has 1 saturated heterocycles. The van der Waals surface area contributed by atoms with E-state index in [1.54, 1.807) is 6.92 Å². The molecule has 8 heteroatoms. The topological polar surface area (TPSA) is 49.4 Å². The second kappa shape index (κ2) is 4.99. The number of nitrogens with one attached hydrogen (secondary N) is 1. The van der Waals surface area contributed by atoms with Gasteiger partial charge in [-0.3, -0.25) is 19.8 Å². The van der Waals surface area contributed by atoms with Crippen molar-refractivity contribution in [2.24, 2.45) is 0 Å². The molecule has 2 amide bonds. The first-order valence-electron chi connectivity index (χ1n) is 5.03. The number of carbonyl (C=O) groups excluding carboxylic acids is 2. The van der Waals surface area contributed by atoms with Gasteiger partial charge in [-0.05, 0) is 6.92 Å². The highest BCUT2D eigenvalue weighted by Crippen LogP contribution is 2.22. The van der Waals surface area contributed by atoms with Crippen molar-refractivity contribution >= 4 is 11.8 Å². The monoisotopic (exact) mass is 256 g/mol. The molecule has 0 bridgehead atoms. The summed E-state index contributed by atoms with van der Waals surface area (Å²) in [4.78, 5) is 23.6. The zero-order valence-electron chi connectivity index (χ0n) is 9.05. The molecule has 1 unspecified atom stereocenters. The second-order valence-electron chi connectivity index (χ2n) is 3.68. The van der Waals surface area contributed by atoms with Gasteiger partial charge in [0.05, 0.1) is 19.0 Å². The van der Waals surface area contributed by atoms with E-state index in [1.165, 1.54) is 0 Å². The van der Waals surface area contributed by atoms with Crippen LogP contribution in [0.15, 0.2) is 0 Å². The lowest BCUT2D eigenvalue weighted by Gasteiger charge is -2.18. The summed E-state index contributed by atoms with van der Waals surface area (Å²) >= 11 is 0. The van der Waals surface area contributed by atoms with Crippen LogP contribution in [0.2, 0.25) is 0 Å². The van der Waals surface area contributed by atoms with Crippen LogP contribution in [0.1, 0.15) is 13.3 Å². The van der Waals surface area contributed by atoms with Gasteiger partial charge in [0.15, 0.2) is 0 Å². The first kappa shape index (κ1) is 13.9. The predicted molar refractivity (Wildman–Crippen MR) is 49.8 cm³/mol. The molecule has 0 aromatic rings. The van der Waals surface area contributed by atoms with Gasteiger partial charge >= 0.3 is 12.3 Å². The first-order chi connectivity index (χ1) is 7.79. The highest BCUT2D eigenvalue weighted by molar-refractivity contribution is 6.05. The molecule has 1 heterocycles. The van der Waals surface area contributed by atoms with Crippen LogP contribution in [0.3, 0.4) is 0 Å². The fourth-order valence-corrected chi connectivity index (χ4v) is 1.51. The average molecular weight is 256 g/mol. The minimum Gasteiger partial charge on any atom is -0.299 e. The maximum Gasteiger partial charge on any atom is 0.319 e. The Morgan fingerprint density at radius 1 is 1.47 bits per heavy atom. The van der Waals surface area contributed by atoms with Crippen molar-refractivity contribution in [2.75, 3.05) is 13.1 Å². The van der Waals surface area contributed by atoms with Crippen LogP contribution < -0.4 is 5.32 Å². The van der Waals surface area contributed by atoms with Crippen molar-refractivity contribution in [3.8, 4) is 0 Å². The molecule has 98 valence electrons. The minimum atomic E-state index is -4.21. The fraction of sp³-hybridized carbons (Fsp3) is 0.778. The largest absolute Gasteiger partial charge is 0.319 e. The summed E-state index contributed by atoms with van der Waals surface area (Å²) in [7, 11) is 0. The number of imide groups is 1. The van der Waals surface area contributed by atoms with Gasteiger partial charge in [0, 0.05) is 6.54 Å². The smallest absolute Gasteiger partial charge is 0.299 e. The van der Waals surface area contributed by atoms with Crippen LogP contribution in [-0.4, -0.2) is 48.2 Å². The number of amides is 2. The molecule has 1 N–H and O–H groups in total. The number of rotatable bonds is 5. The Hall–Kier alpha value is -1.18. The van der Waals surface area contributed by atoms with Crippen LogP contribution in [0, 0.1) is 0 Å². The van der Waals surface area contributed by atoms with E-state index >= 15 is 0 Å². The summed E-state index contributed by atoms with van der Waals surface area (Å²) in [6.07, 6.45) is -4.07. The molecule has 1 rings (SSSR count). The molecule has 17 heavy (non-hydrogen) atoms. The molecular weight excluding hydrogens is 244 g/mol. The summed E-state index contributed by atoms with van der Waals surface area (Å²) < 4.78 is 48.9. The Labute approximate surface area is 94.9 Å². The number of carbonyl (C=O) groups is 2. The number of halogens is 4. The van der Waals surface area contributed by atoms with Gasteiger partial charge in [-0.2, -0.15) is 8.78 Å². The molecule has 0 saturated carbocycles. The molecule has 0 spiro atoms. The summed E-state index contributed by atoms with van der Waals surface area (Å²) in [6, 6.07) is -1.13. The van der Waals surface area contributed by atoms with Crippen molar-refractivity contribution in [1.82, 2.24) is 10.2 Å². The number of likely N-dealkylation sites (tertiary alicyclic amines) is 1. The SMILES string of the molecule is CCN1C(=O)CC(NCC(F)(F)C(F)F)C1=O. The predicted octanol–water partition coefficient (Wildman–Crippen LogP) is 0.624. The molecular formula is C9H12F4N2O2. The van der Waals surface area contributed by atoms with Crippen molar-refractivity contribution < 1.29 is 27.2 Å². The Balaban J connectivity index is 2.55. The van der Waals surface area contributed by atoms with Crippen LogP contribution in [0.5, 0.6) is 0 Å². The van der Waals surface area contributed by atoms with Gasteiger partial charge in [0.2, 0.25) is 11.8 Å². The number of hydrogen-bond acceptors (Lipinski definition) is 3. The fourth-order valence-electron chi connectivity index (χ4n) is 1.51. The normalized spacial score (nSPS) is 21.8. The van der Waals surface area contributed by atoms with E-state index in [4.69, 9.17) is 0 Å². The van der Waals surface area contributed by atoms with E-state index in [2.05, 4.69) is 0 Å². The molecule has 0 aromatic carbocycles. The quantitative estimate of drug-likeness (QED) is 0.579. The number of hydrogen-bond donors (Lipinski definition) is 1. The third kappa shape index (κ3) is 2.93. The summed E-state index contributed by atoms with van der Waals surface area (Å²) in [6.45, 7) is 0.374. The average Bonchev–Trinajstić information content (AvgIpc) is 2.50. The van der Waals surface area contributed by atoms with E-state index in [9.17, 15) is 27.2 Å². The van der Waals surface area contributed by atoms with Crippen LogP contribution >= 0.6 is 0 Å². The van der Waals surface area contributed by atoms with Gasteiger partial charge in [-0.1, -0.05) is 0 Å². The summed E-state index contributed by atoms with van der Waals surface area (Å²) in [5.74, 6) is -5.35. The van der Waals surface area contributed by atoms with E-state index in [-0.39, 0.29) is 13.0 Å². The van der Waals surface area contributed by atoms with Crippen molar-refractivity contribution in [2.45, 2.75) is 31.7 Å². The number of alkyl halides is 4. The lowest BCUT2D eigenvalue weighted by Crippen LogP contribution is -2.46. The van der Waals surface area contributed by atoms with Crippen LogP contribution in [0.4, 0.5) is 17.6 Å². The minimum absolute atomic E-state index is 0.140. The maximum atomic E-state index is 12.6. The zero-order valence-corrected chi connectivity index (χ0v) is 9.05. The van der Waals surface area contributed by atoms with Gasteiger partial charge < -0.3 is 0 Å². The van der Waals surface area contributed by atoms with E-state index in [0.29, 0.717) is 0 Å².